The topological polar surface area (TPSA) is 58.6 Å². The van der Waals surface area contributed by atoms with Crippen LogP contribution in [-0.4, -0.2) is 37.8 Å². The third-order valence-electron chi connectivity index (χ3n) is 4.22. The van der Waals surface area contributed by atoms with Crippen molar-refractivity contribution in [3.05, 3.63) is 54.1 Å². The van der Waals surface area contributed by atoms with E-state index in [1.165, 1.54) is 7.11 Å². The van der Waals surface area contributed by atoms with Crippen molar-refractivity contribution in [2.75, 3.05) is 30.9 Å². The molecule has 0 saturated carbocycles. The number of anilines is 1. The zero-order chi connectivity index (χ0) is 18.4. The molecule has 0 aromatic heterocycles. The van der Waals surface area contributed by atoms with Gasteiger partial charge in [0, 0.05) is 24.4 Å². The van der Waals surface area contributed by atoms with Gasteiger partial charge in [-0.05, 0) is 36.4 Å². The first-order valence-electron chi connectivity index (χ1n) is 8.64. The smallest absolute Gasteiger partial charge is 0.255 e. The molecular formula is C20H22N2O3S. The SMILES string of the molecule is COc1ccccc1C(=O)NCCC(=O)N1CCCSc2ccccc21. The summed E-state index contributed by atoms with van der Waals surface area (Å²) in [4.78, 5) is 28.0. The molecule has 136 valence electrons. The summed E-state index contributed by atoms with van der Waals surface area (Å²) in [6, 6.07) is 15.0. The van der Waals surface area contributed by atoms with Gasteiger partial charge in [0.2, 0.25) is 5.91 Å². The van der Waals surface area contributed by atoms with E-state index < -0.39 is 0 Å². The van der Waals surface area contributed by atoms with E-state index in [0.717, 1.165) is 22.8 Å². The second-order valence-corrected chi connectivity index (χ2v) is 7.06. The van der Waals surface area contributed by atoms with Gasteiger partial charge in [-0.1, -0.05) is 24.3 Å². The molecule has 2 aromatic carbocycles. The van der Waals surface area contributed by atoms with Crippen LogP contribution < -0.4 is 15.0 Å². The number of carbonyl (C=O) groups excluding carboxylic acids is 2. The van der Waals surface area contributed by atoms with Gasteiger partial charge in [0.05, 0.1) is 18.4 Å². The number of carbonyl (C=O) groups is 2. The monoisotopic (exact) mass is 370 g/mol. The van der Waals surface area contributed by atoms with E-state index in [9.17, 15) is 9.59 Å². The predicted molar refractivity (Wildman–Crippen MR) is 104 cm³/mol. The summed E-state index contributed by atoms with van der Waals surface area (Å²) < 4.78 is 5.20. The molecule has 0 atom stereocenters. The number of nitrogens with one attached hydrogen (secondary N) is 1. The Morgan fingerprint density at radius 1 is 1.15 bits per heavy atom. The number of thioether (sulfide) groups is 1. The van der Waals surface area contributed by atoms with Gasteiger partial charge in [-0.2, -0.15) is 0 Å². The molecule has 1 heterocycles. The van der Waals surface area contributed by atoms with Crippen LogP contribution in [0.3, 0.4) is 0 Å². The third kappa shape index (κ3) is 4.19. The van der Waals surface area contributed by atoms with Crippen LogP contribution in [0.5, 0.6) is 5.75 Å². The zero-order valence-corrected chi connectivity index (χ0v) is 15.6. The molecule has 26 heavy (non-hydrogen) atoms. The average Bonchev–Trinajstić information content (AvgIpc) is 2.90. The van der Waals surface area contributed by atoms with Crippen molar-refractivity contribution in [2.24, 2.45) is 0 Å². The minimum absolute atomic E-state index is 0.0280. The number of ether oxygens (including phenoxy) is 1. The molecule has 3 rings (SSSR count). The number of methoxy groups -OCH3 is 1. The second kappa shape index (κ2) is 8.76. The van der Waals surface area contributed by atoms with Crippen LogP contribution in [0.2, 0.25) is 0 Å². The minimum atomic E-state index is -0.234. The molecule has 1 aliphatic heterocycles. The fourth-order valence-electron chi connectivity index (χ4n) is 2.93. The Kier molecular flexibility index (Phi) is 6.17. The number of benzene rings is 2. The highest BCUT2D eigenvalue weighted by atomic mass is 32.2. The van der Waals surface area contributed by atoms with Crippen molar-refractivity contribution >= 4 is 29.3 Å². The highest BCUT2D eigenvalue weighted by Gasteiger charge is 2.21. The number of amides is 2. The van der Waals surface area contributed by atoms with E-state index in [1.807, 2.05) is 29.2 Å². The van der Waals surface area contributed by atoms with Crippen LogP contribution in [0.25, 0.3) is 0 Å². The maximum atomic E-state index is 12.7. The fraction of sp³-hybridized carbons (Fsp3) is 0.300. The van der Waals surface area contributed by atoms with Crippen LogP contribution in [0, 0.1) is 0 Å². The Morgan fingerprint density at radius 2 is 1.92 bits per heavy atom. The summed E-state index contributed by atoms with van der Waals surface area (Å²) in [7, 11) is 1.53. The lowest BCUT2D eigenvalue weighted by Crippen LogP contribution is -2.35. The van der Waals surface area contributed by atoms with E-state index >= 15 is 0 Å². The third-order valence-corrected chi connectivity index (χ3v) is 5.37. The molecule has 5 nitrogen and oxygen atoms in total. The van der Waals surface area contributed by atoms with E-state index in [-0.39, 0.29) is 18.2 Å². The van der Waals surface area contributed by atoms with E-state index in [2.05, 4.69) is 11.4 Å². The largest absolute Gasteiger partial charge is 0.496 e. The predicted octanol–water partition coefficient (Wildman–Crippen LogP) is 3.34. The zero-order valence-electron chi connectivity index (χ0n) is 14.7. The highest BCUT2D eigenvalue weighted by Crippen LogP contribution is 2.33. The van der Waals surface area contributed by atoms with Gasteiger partial charge in [0.15, 0.2) is 0 Å². The normalized spacial score (nSPS) is 13.5. The van der Waals surface area contributed by atoms with Crippen LogP contribution in [0.15, 0.2) is 53.4 Å². The summed E-state index contributed by atoms with van der Waals surface area (Å²) in [5, 5.41) is 2.81. The van der Waals surface area contributed by atoms with Crippen molar-refractivity contribution in [1.82, 2.24) is 5.32 Å². The Hall–Kier alpha value is -2.47. The van der Waals surface area contributed by atoms with Crippen molar-refractivity contribution in [2.45, 2.75) is 17.7 Å². The Morgan fingerprint density at radius 3 is 2.77 bits per heavy atom. The van der Waals surface area contributed by atoms with Crippen LogP contribution in [0.4, 0.5) is 5.69 Å². The second-order valence-electron chi connectivity index (χ2n) is 5.92. The van der Waals surface area contributed by atoms with Crippen LogP contribution in [0.1, 0.15) is 23.2 Å². The lowest BCUT2D eigenvalue weighted by Gasteiger charge is -2.22. The molecule has 1 N–H and O–H groups in total. The van der Waals surface area contributed by atoms with Gasteiger partial charge in [-0.25, -0.2) is 0 Å². The number of hydrogen-bond donors (Lipinski definition) is 1. The van der Waals surface area contributed by atoms with Crippen molar-refractivity contribution in [3.8, 4) is 5.75 Å². The molecule has 0 radical (unpaired) electrons. The van der Waals surface area contributed by atoms with Crippen LogP contribution in [-0.2, 0) is 4.79 Å². The molecule has 1 aliphatic rings. The Bertz CT molecular complexity index is 794. The molecule has 2 aromatic rings. The van der Waals surface area contributed by atoms with Gasteiger partial charge >= 0.3 is 0 Å². The Labute approximate surface area is 157 Å². The molecule has 0 spiro atoms. The van der Waals surface area contributed by atoms with Crippen LogP contribution >= 0.6 is 11.8 Å². The molecule has 0 aliphatic carbocycles. The quantitative estimate of drug-likeness (QED) is 0.877. The summed E-state index contributed by atoms with van der Waals surface area (Å²) in [6.45, 7) is 1.00. The van der Waals surface area contributed by atoms with Crippen molar-refractivity contribution in [1.29, 1.82) is 0 Å². The standard InChI is InChI=1S/C20H22N2O3S/c1-25-17-9-4-2-7-15(17)20(24)21-12-11-19(23)22-13-6-14-26-18-10-5-3-8-16(18)22/h2-5,7-10H,6,11-14H2,1H3,(H,21,24). The fourth-order valence-corrected chi connectivity index (χ4v) is 3.93. The first-order valence-corrected chi connectivity index (χ1v) is 9.62. The summed E-state index contributed by atoms with van der Waals surface area (Å²) in [5.74, 6) is 1.32. The van der Waals surface area contributed by atoms with Crippen molar-refractivity contribution in [3.63, 3.8) is 0 Å². The average molecular weight is 370 g/mol. The van der Waals surface area contributed by atoms with Gasteiger partial charge in [-0.3, -0.25) is 9.59 Å². The molecule has 2 amide bonds. The summed E-state index contributed by atoms with van der Waals surface area (Å²) in [6.07, 6.45) is 1.22. The first kappa shape index (κ1) is 18.3. The highest BCUT2D eigenvalue weighted by molar-refractivity contribution is 7.99. The number of nitrogens with zero attached hydrogens (tertiary/aromatic N) is 1. The minimum Gasteiger partial charge on any atom is -0.496 e. The lowest BCUT2D eigenvalue weighted by molar-refractivity contribution is -0.118. The summed E-state index contributed by atoms with van der Waals surface area (Å²) in [5.41, 5.74) is 1.44. The number of fused-ring (bicyclic) bond motifs is 1. The van der Waals surface area contributed by atoms with Gasteiger partial charge in [-0.15, -0.1) is 11.8 Å². The summed E-state index contributed by atoms with van der Waals surface area (Å²) >= 11 is 1.78. The van der Waals surface area contributed by atoms with Gasteiger partial charge in [0.1, 0.15) is 5.75 Å². The molecular weight excluding hydrogens is 348 g/mol. The molecule has 0 fully saturated rings. The van der Waals surface area contributed by atoms with Crippen molar-refractivity contribution < 1.29 is 14.3 Å². The molecule has 0 unspecified atom stereocenters. The van der Waals surface area contributed by atoms with E-state index in [1.54, 1.807) is 30.0 Å². The maximum Gasteiger partial charge on any atom is 0.255 e. The molecule has 0 saturated heterocycles. The van der Waals surface area contributed by atoms with Gasteiger partial charge in [0.25, 0.3) is 5.91 Å². The molecule has 6 heteroatoms. The molecule has 0 bridgehead atoms. The van der Waals surface area contributed by atoms with Gasteiger partial charge < -0.3 is 15.0 Å². The number of para-hydroxylation sites is 2. The lowest BCUT2D eigenvalue weighted by atomic mass is 10.2. The first-order chi connectivity index (χ1) is 12.7. The van der Waals surface area contributed by atoms with E-state index in [4.69, 9.17) is 4.74 Å². The Balaban J connectivity index is 1.60. The number of hydrogen-bond acceptors (Lipinski definition) is 4. The van der Waals surface area contributed by atoms with E-state index in [0.29, 0.717) is 24.4 Å². The maximum absolute atomic E-state index is 12.7. The number of rotatable bonds is 5.